The molecule has 0 fully saturated rings. The number of hydrogen-bond acceptors (Lipinski definition) is 5. The second kappa shape index (κ2) is 13.0. The third-order valence-electron chi connectivity index (χ3n) is 1.73. The maximum Gasteiger partial charge on any atom is 0.281 e. The summed E-state index contributed by atoms with van der Waals surface area (Å²) in [6.45, 7) is 15.2. The maximum atomic E-state index is 9.34. The standard InChI is InChI=1S/C8H11O2.3CO.Mn/c1-6-2-3-7(4-6)8(10)5-9;3*1-2;/h2-4,8-10H,5H2,1H3;;;;. The second-order valence-corrected chi connectivity index (χ2v) is 3.77. The van der Waals surface area contributed by atoms with Crippen molar-refractivity contribution in [1.29, 1.82) is 0 Å². The van der Waals surface area contributed by atoms with E-state index in [0.29, 0.717) is 0 Å². The minimum atomic E-state index is -0.767. The van der Waals surface area contributed by atoms with Gasteiger partial charge in [-0.3, -0.25) is 14.4 Å². The summed E-state index contributed by atoms with van der Waals surface area (Å²) < 4.78 is -0.550. The molecule has 0 aromatic carbocycles. The van der Waals surface area contributed by atoms with E-state index in [9.17, 15) is 5.11 Å². The van der Waals surface area contributed by atoms with E-state index in [0.717, 1.165) is 5.57 Å². The van der Waals surface area contributed by atoms with Gasteiger partial charge >= 0.3 is 74.0 Å². The third-order valence-corrected chi connectivity index (χ3v) is 2.49. The van der Waals surface area contributed by atoms with Gasteiger partial charge in [0, 0.05) is 0 Å². The van der Waals surface area contributed by atoms with Crippen LogP contribution in [0.2, 0.25) is 4.31 Å². The van der Waals surface area contributed by atoms with E-state index in [1.165, 1.54) is 0 Å². The minimum Gasteiger partial charge on any atom is -0.281 e. The molecule has 2 unspecified atom stereocenters. The van der Waals surface area contributed by atoms with Gasteiger partial charge in [0.25, 0.3) is 20.4 Å². The van der Waals surface area contributed by atoms with E-state index in [1.807, 2.05) is 25.2 Å². The maximum absolute atomic E-state index is 9.34. The first-order valence-electron chi connectivity index (χ1n) is 4.06. The average Bonchev–Trinajstić information content (AvgIpc) is 2.77. The Balaban J connectivity index is -0.000000285. The van der Waals surface area contributed by atoms with Crippen molar-refractivity contribution in [3.63, 3.8) is 0 Å². The van der Waals surface area contributed by atoms with Crippen molar-refractivity contribution in [1.82, 2.24) is 0 Å². The van der Waals surface area contributed by atoms with Crippen LogP contribution >= 0.6 is 0 Å². The smallest absolute Gasteiger partial charge is 0.281 e. The molecule has 0 aromatic rings. The van der Waals surface area contributed by atoms with Gasteiger partial charge < -0.3 is 0 Å². The number of rotatable bonds is 2. The van der Waals surface area contributed by atoms with Gasteiger partial charge in [-0.05, 0) is 0 Å². The van der Waals surface area contributed by atoms with E-state index in [2.05, 4.69) is 36.4 Å². The fourth-order valence-corrected chi connectivity index (χ4v) is 1.53. The number of aliphatic hydroxyl groups excluding tert-OH is 2. The molecular formula is C11H11MnO5. The van der Waals surface area contributed by atoms with Crippen LogP contribution in [0.15, 0.2) is 23.8 Å². The van der Waals surface area contributed by atoms with Crippen molar-refractivity contribution in [2.75, 3.05) is 6.61 Å². The summed E-state index contributed by atoms with van der Waals surface area (Å²) in [5, 5.41) is 18.0. The Bertz CT molecular complexity index is 249. The molecule has 1 aliphatic carbocycles. The zero-order valence-corrected chi connectivity index (χ0v) is 10.2. The molecule has 6 radical (unpaired) electrons. The molecule has 6 heteroatoms. The van der Waals surface area contributed by atoms with E-state index >= 15 is 0 Å². The predicted molar refractivity (Wildman–Crippen MR) is 55.8 cm³/mol. The summed E-state index contributed by atoms with van der Waals surface area (Å²) >= 11 is 3.34. The molecule has 0 saturated heterocycles. The van der Waals surface area contributed by atoms with Gasteiger partial charge in [-0.2, -0.15) is 0 Å². The average molecular weight is 278 g/mol. The quantitative estimate of drug-likeness (QED) is 0.656. The minimum absolute atomic E-state index is 0.237. The molecule has 0 heterocycles. The van der Waals surface area contributed by atoms with Crippen LogP contribution in [0, 0.1) is 0 Å². The van der Waals surface area contributed by atoms with Gasteiger partial charge in [-0.1, -0.05) is 0 Å². The molecular weight excluding hydrogens is 267 g/mol. The molecule has 0 saturated carbocycles. The Hall–Kier alpha value is -1.07. The number of carbonyl (C=O) groups excluding carboxylic acids is 3. The van der Waals surface area contributed by atoms with Crippen LogP contribution in [0.3, 0.4) is 0 Å². The molecule has 0 aliphatic heterocycles. The fraction of sp³-hybridized carbons (Fsp3) is 0.364. The normalized spacial score (nSPS) is 21.5. The van der Waals surface area contributed by atoms with Crippen molar-refractivity contribution in [3.8, 4) is 0 Å². The summed E-state index contributed by atoms with van der Waals surface area (Å²) in [6.07, 6.45) is 4.86. The first kappa shape index (κ1) is 21.2. The Morgan fingerprint density at radius 2 is 1.71 bits per heavy atom. The van der Waals surface area contributed by atoms with Gasteiger partial charge in [0.1, 0.15) is 0 Å². The topological polar surface area (TPSA) is 91.7 Å². The Kier molecular flexibility index (Phi) is 16.2. The van der Waals surface area contributed by atoms with Crippen LogP contribution in [-0.4, -0.2) is 43.3 Å². The predicted octanol–water partition coefficient (Wildman–Crippen LogP) is -0.630. The molecule has 0 amide bonds. The van der Waals surface area contributed by atoms with Crippen LogP contribution in [0.4, 0.5) is 0 Å². The van der Waals surface area contributed by atoms with Gasteiger partial charge in [-0.15, -0.1) is 0 Å². The van der Waals surface area contributed by atoms with Crippen LogP contribution in [-0.2, 0) is 30.4 Å². The Labute approximate surface area is 109 Å². The summed E-state index contributed by atoms with van der Waals surface area (Å²) in [6, 6.07) is 0. The second-order valence-electron chi connectivity index (χ2n) is 2.75. The van der Waals surface area contributed by atoms with Crippen molar-refractivity contribution in [3.05, 3.63) is 23.8 Å². The van der Waals surface area contributed by atoms with Crippen molar-refractivity contribution >= 4 is 20.4 Å². The first-order chi connectivity index (χ1) is 8.08. The van der Waals surface area contributed by atoms with Crippen molar-refractivity contribution < 1.29 is 40.6 Å². The molecule has 1 aliphatic rings. The molecule has 17 heavy (non-hydrogen) atoms. The number of hydrogen-bond donors (Lipinski definition) is 2. The van der Waals surface area contributed by atoms with Crippen LogP contribution < -0.4 is 0 Å². The van der Waals surface area contributed by atoms with Crippen molar-refractivity contribution in [2.24, 2.45) is 0 Å². The fourth-order valence-electron chi connectivity index (χ4n) is 1.05. The summed E-state index contributed by atoms with van der Waals surface area (Å²) in [5.41, 5.74) is 1.09. The Morgan fingerprint density at radius 3 is 1.94 bits per heavy atom. The van der Waals surface area contributed by atoms with E-state index in [4.69, 9.17) is 19.5 Å². The molecule has 2 atom stereocenters. The number of aliphatic hydroxyl groups is 2. The van der Waals surface area contributed by atoms with Gasteiger partial charge in [0.15, 0.2) is 0 Å². The molecule has 0 aromatic heterocycles. The number of allylic oxidation sites excluding steroid dienone is 2. The van der Waals surface area contributed by atoms with Gasteiger partial charge in [0.05, 0.1) is 0 Å². The zero-order chi connectivity index (χ0) is 14.5. The van der Waals surface area contributed by atoms with Gasteiger partial charge in [0.2, 0.25) is 0 Å². The molecule has 0 spiro atoms. The van der Waals surface area contributed by atoms with Crippen LogP contribution in [0.25, 0.3) is 0 Å². The molecule has 92 valence electrons. The SMILES string of the molecule is CC1=C[C]([Mn])(C(O)CO)C=C1.[C]=O.[C]=O.[C]=O. The first-order valence-corrected chi connectivity index (χ1v) is 4.65. The summed E-state index contributed by atoms with van der Waals surface area (Å²) in [4.78, 5) is 22.5. The molecule has 2 N–H and O–H groups in total. The van der Waals surface area contributed by atoms with E-state index in [-0.39, 0.29) is 6.61 Å². The van der Waals surface area contributed by atoms with Crippen LogP contribution in [0.5, 0.6) is 0 Å². The van der Waals surface area contributed by atoms with E-state index in [1.54, 1.807) is 0 Å². The van der Waals surface area contributed by atoms with Gasteiger partial charge in [-0.25, -0.2) is 0 Å². The Morgan fingerprint density at radius 1 is 1.29 bits per heavy atom. The van der Waals surface area contributed by atoms with Crippen LogP contribution in [0.1, 0.15) is 6.92 Å². The summed E-state index contributed by atoms with van der Waals surface area (Å²) in [7, 11) is 0. The monoisotopic (exact) mass is 278 g/mol. The zero-order valence-electron chi connectivity index (χ0n) is 9.01. The molecule has 1 rings (SSSR count). The van der Waals surface area contributed by atoms with E-state index < -0.39 is 10.4 Å². The third kappa shape index (κ3) is 7.76. The molecule has 0 bridgehead atoms. The van der Waals surface area contributed by atoms with Crippen molar-refractivity contribution in [2.45, 2.75) is 17.3 Å². The molecule has 5 nitrogen and oxygen atoms in total. The summed E-state index contributed by atoms with van der Waals surface area (Å²) in [5.74, 6) is 0. The largest absolute Gasteiger partial charge is 0.281 e.